The molecule has 1 amide bonds. The van der Waals surface area contributed by atoms with Crippen LogP contribution in [0.2, 0.25) is 0 Å². The van der Waals surface area contributed by atoms with Crippen LogP contribution in [-0.2, 0) is 4.74 Å². The summed E-state index contributed by atoms with van der Waals surface area (Å²) >= 11 is 0. The third-order valence-electron chi connectivity index (χ3n) is 4.27. The van der Waals surface area contributed by atoms with Crippen LogP contribution in [0, 0.1) is 0 Å². The van der Waals surface area contributed by atoms with Crippen molar-refractivity contribution in [1.82, 2.24) is 10.6 Å². The van der Waals surface area contributed by atoms with E-state index in [2.05, 4.69) is 10.6 Å². The van der Waals surface area contributed by atoms with Crippen LogP contribution < -0.4 is 10.6 Å². The lowest BCUT2D eigenvalue weighted by Crippen LogP contribution is -2.54. The molecule has 20 heavy (non-hydrogen) atoms. The zero-order valence-corrected chi connectivity index (χ0v) is 13.2. The predicted octanol–water partition coefficient (Wildman–Crippen LogP) is 3.35. The predicted molar refractivity (Wildman–Crippen MR) is 80.8 cm³/mol. The summed E-state index contributed by atoms with van der Waals surface area (Å²) in [4.78, 5) is 11.9. The SMILES string of the molecule is CC(C)(C)OC(=O)N[C@@H]1CCCC[C@H]1NC1CCCC1. The minimum Gasteiger partial charge on any atom is -0.444 e. The molecule has 0 aliphatic heterocycles. The Labute approximate surface area is 123 Å². The normalized spacial score (nSPS) is 28.4. The van der Waals surface area contributed by atoms with E-state index in [1.807, 2.05) is 20.8 Å². The number of nitrogens with one attached hydrogen (secondary N) is 2. The van der Waals surface area contributed by atoms with Gasteiger partial charge in [0.25, 0.3) is 0 Å². The second-order valence-electron chi connectivity index (χ2n) is 7.29. The summed E-state index contributed by atoms with van der Waals surface area (Å²) in [7, 11) is 0. The molecular weight excluding hydrogens is 252 g/mol. The molecule has 2 N–H and O–H groups in total. The van der Waals surface area contributed by atoms with E-state index >= 15 is 0 Å². The number of hydrogen-bond donors (Lipinski definition) is 2. The highest BCUT2D eigenvalue weighted by molar-refractivity contribution is 5.68. The van der Waals surface area contributed by atoms with Gasteiger partial charge in [0.2, 0.25) is 0 Å². The molecular formula is C16H30N2O2. The smallest absolute Gasteiger partial charge is 0.407 e. The number of amides is 1. The zero-order valence-electron chi connectivity index (χ0n) is 13.2. The summed E-state index contributed by atoms with van der Waals surface area (Å²) < 4.78 is 5.38. The molecule has 4 nitrogen and oxygen atoms in total. The molecule has 0 spiro atoms. The molecule has 0 unspecified atom stereocenters. The van der Waals surface area contributed by atoms with E-state index in [0.717, 1.165) is 12.8 Å². The first-order valence-electron chi connectivity index (χ1n) is 8.19. The fraction of sp³-hybridized carbons (Fsp3) is 0.938. The largest absolute Gasteiger partial charge is 0.444 e. The Kier molecular flexibility index (Phi) is 5.30. The van der Waals surface area contributed by atoms with E-state index in [-0.39, 0.29) is 12.1 Å². The number of ether oxygens (including phenoxy) is 1. The van der Waals surface area contributed by atoms with Gasteiger partial charge in [0.15, 0.2) is 0 Å². The molecule has 0 aromatic heterocycles. The van der Waals surface area contributed by atoms with Gasteiger partial charge in [-0.2, -0.15) is 0 Å². The molecule has 0 aromatic carbocycles. The molecule has 0 heterocycles. The summed E-state index contributed by atoms with van der Waals surface area (Å²) in [5, 5.41) is 6.84. The van der Waals surface area contributed by atoms with Gasteiger partial charge in [-0.1, -0.05) is 25.7 Å². The molecule has 2 aliphatic rings. The fourth-order valence-electron chi connectivity index (χ4n) is 3.36. The first-order valence-corrected chi connectivity index (χ1v) is 8.19. The lowest BCUT2D eigenvalue weighted by Gasteiger charge is -2.35. The van der Waals surface area contributed by atoms with Crippen molar-refractivity contribution in [3.63, 3.8) is 0 Å². The Morgan fingerprint density at radius 3 is 2.10 bits per heavy atom. The van der Waals surface area contributed by atoms with E-state index in [1.165, 1.54) is 38.5 Å². The topological polar surface area (TPSA) is 50.4 Å². The van der Waals surface area contributed by atoms with E-state index in [4.69, 9.17) is 4.74 Å². The average molecular weight is 282 g/mol. The molecule has 0 bridgehead atoms. The highest BCUT2D eigenvalue weighted by Crippen LogP contribution is 2.24. The molecule has 2 rings (SSSR count). The number of alkyl carbamates (subject to hydrolysis) is 1. The molecule has 2 aliphatic carbocycles. The van der Waals surface area contributed by atoms with Gasteiger partial charge in [0, 0.05) is 18.1 Å². The third-order valence-corrected chi connectivity index (χ3v) is 4.27. The van der Waals surface area contributed by atoms with Crippen molar-refractivity contribution < 1.29 is 9.53 Å². The Balaban J connectivity index is 1.84. The van der Waals surface area contributed by atoms with Gasteiger partial charge in [-0.05, 0) is 46.5 Å². The quantitative estimate of drug-likeness (QED) is 0.834. The van der Waals surface area contributed by atoms with Gasteiger partial charge in [0.05, 0.1) is 0 Å². The Hall–Kier alpha value is -0.770. The molecule has 0 saturated heterocycles. The molecule has 2 fully saturated rings. The summed E-state index contributed by atoms with van der Waals surface area (Å²) in [5.74, 6) is 0. The van der Waals surface area contributed by atoms with E-state index in [9.17, 15) is 4.79 Å². The Morgan fingerprint density at radius 2 is 1.50 bits per heavy atom. The van der Waals surface area contributed by atoms with Crippen molar-refractivity contribution in [3.05, 3.63) is 0 Å². The molecule has 2 saturated carbocycles. The Morgan fingerprint density at radius 1 is 0.950 bits per heavy atom. The second kappa shape index (κ2) is 6.79. The van der Waals surface area contributed by atoms with Crippen LogP contribution in [0.1, 0.15) is 72.1 Å². The van der Waals surface area contributed by atoms with Crippen LogP contribution in [0.5, 0.6) is 0 Å². The number of rotatable bonds is 3. The summed E-state index contributed by atoms with van der Waals surface area (Å²) in [5.41, 5.74) is -0.423. The van der Waals surface area contributed by atoms with Crippen molar-refractivity contribution in [2.24, 2.45) is 0 Å². The van der Waals surface area contributed by atoms with Crippen molar-refractivity contribution in [3.8, 4) is 0 Å². The Bertz CT molecular complexity index is 319. The van der Waals surface area contributed by atoms with Crippen LogP contribution in [0.15, 0.2) is 0 Å². The standard InChI is InChI=1S/C16H30N2O2/c1-16(2,3)20-15(19)18-14-11-7-6-10-13(14)17-12-8-4-5-9-12/h12-14,17H,4-11H2,1-3H3,(H,18,19)/t13-,14-/m1/s1. The summed E-state index contributed by atoms with van der Waals surface area (Å²) in [6.45, 7) is 5.71. The van der Waals surface area contributed by atoms with Gasteiger partial charge >= 0.3 is 6.09 Å². The average Bonchev–Trinajstić information content (AvgIpc) is 2.82. The van der Waals surface area contributed by atoms with E-state index in [0.29, 0.717) is 12.1 Å². The van der Waals surface area contributed by atoms with Crippen LogP contribution in [0.3, 0.4) is 0 Å². The first-order chi connectivity index (χ1) is 9.44. The maximum Gasteiger partial charge on any atom is 0.407 e. The lowest BCUT2D eigenvalue weighted by molar-refractivity contribution is 0.0477. The number of hydrogen-bond acceptors (Lipinski definition) is 3. The van der Waals surface area contributed by atoms with E-state index < -0.39 is 5.60 Å². The van der Waals surface area contributed by atoms with Crippen LogP contribution >= 0.6 is 0 Å². The van der Waals surface area contributed by atoms with Gasteiger partial charge in [-0.15, -0.1) is 0 Å². The van der Waals surface area contributed by atoms with Gasteiger partial charge in [-0.25, -0.2) is 4.79 Å². The number of carbonyl (C=O) groups is 1. The van der Waals surface area contributed by atoms with Crippen LogP contribution in [0.25, 0.3) is 0 Å². The molecule has 0 aromatic rings. The second-order valence-corrected chi connectivity index (χ2v) is 7.29. The highest BCUT2D eigenvalue weighted by Gasteiger charge is 2.30. The maximum atomic E-state index is 11.9. The summed E-state index contributed by atoms with van der Waals surface area (Å²) in [6, 6.07) is 1.29. The fourth-order valence-corrected chi connectivity index (χ4v) is 3.36. The highest BCUT2D eigenvalue weighted by atomic mass is 16.6. The number of carbonyl (C=O) groups excluding carboxylic acids is 1. The zero-order chi connectivity index (χ0) is 14.6. The lowest BCUT2D eigenvalue weighted by atomic mass is 9.89. The summed E-state index contributed by atoms with van der Waals surface area (Å²) in [6.07, 6.45) is 9.66. The van der Waals surface area contributed by atoms with Crippen LogP contribution in [-0.4, -0.2) is 29.8 Å². The molecule has 2 atom stereocenters. The van der Waals surface area contributed by atoms with Crippen molar-refractivity contribution in [2.45, 2.75) is 95.9 Å². The minimum absolute atomic E-state index is 0.221. The van der Waals surface area contributed by atoms with Crippen molar-refractivity contribution in [1.29, 1.82) is 0 Å². The molecule has 116 valence electrons. The van der Waals surface area contributed by atoms with Gasteiger partial charge in [-0.3, -0.25) is 0 Å². The third kappa shape index (κ3) is 4.97. The minimum atomic E-state index is -0.423. The molecule has 4 heteroatoms. The monoisotopic (exact) mass is 282 g/mol. The maximum absolute atomic E-state index is 11.9. The van der Waals surface area contributed by atoms with Gasteiger partial charge < -0.3 is 15.4 Å². The molecule has 0 radical (unpaired) electrons. The first kappa shape index (κ1) is 15.6. The van der Waals surface area contributed by atoms with Crippen molar-refractivity contribution in [2.75, 3.05) is 0 Å². The van der Waals surface area contributed by atoms with Gasteiger partial charge in [0.1, 0.15) is 5.60 Å². The van der Waals surface area contributed by atoms with Crippen LogP contribution in [0.4, 0.5) is 4.79 Å². The van der Waals surface area contributed by atoms with E-state index in [1.54, 1.807) is 0 Å². The van der Waals surface area contributed by atoms with Crippen molar-refractivity contribution >= 4 is 6.09 Å².